The maximum atomic E-state index is 14.5. The molecule has 0 aromatic carbocycles. The molecular weight excluding hydrogens is 337 g/mol. The minimum atomic E-state index is -2.97. The molecule has 0 saturated carbocycles. The first-order chi connectivity index (χ1) is 11.8. The van der Waals surface area contributed by atoms with Gasteiger partial charge in [0.25, 0.3) is 5.85 Å². The van der Waals surface area contributed by atoms with E-state index in [1.54, 1.807) is 6.92 Å². The molecule has 5 N–H and O–H groups in total. The maximum Gasteiger partial charge on any atom is 0.264 e. The van der Waals surface area contributed by atoms with Crippen LogP contribution in [-0.2, 0) is 4.74 Å². The summed E-state index contributed by atoms with van der Waals surface area (Å²) >= 11 is 0. The molecule has 11 heteroatoms. The summed E-state index contributed by atoms with van der Waals surface area (Å²) in [4.78, 5) is 11.9. The van der Waals surface area contributed by atoms with E-state index < -0.39 is 30.4 Å². The van der Waals surface area contributed by atoms with Crippen molar-refractivity contribution in [3.8, 4) is 18.2 Å². The summed E-state index contributed by atoms with van der Waals surface area (Å²) < 4.78 is 26.0. The molecule has 0 aliphatic carbocycles. The number of aliphatic hydroxyl groups is 3. The first kappa shape index (κ1) is 17.3. The Kier molecular flexibility index (Phi) is 4.00. The topological polar surface area (TPSA) is 149 Å². The summed E-state index contributed by atoms with van der Waals surface area (Å²) in [6.07, 6.45) is 2.60. The molecule has 1 aliphatic heterocycles. The zero-order valence-electron chi connectivity index (χ0n) is 13.1. The second-order valence-electron chi connectivity index (χ2n) is 5.43. The molecule has 2 aromatic rings. The number of nitrogens with zero attached hydrogens (tertiary/aromatic N) is 4. The molecule has 3 heterocycles. The summed E-state index contributed by atoms with van der Waals surface area (Å²) in [5.41, 5.74) is 3.37. The monoisotopic (exact) mass is 353 g/mol. The van der Waals surface area contributed by atoms with Crippen molar-refractivity contribution in [3.63, 3.8) is 0 Å². The van der Waals surface area contributed by atoms with Gasteiger partial charge in [-0.05, 0) is 6.92 Å². The Balaban J connectivity index is 2.18. The Bertz CT molecular complexity index is 854. The fourth-order valence-electron chi connectivity index (χ4n) is 2.66. The number of halogens is 1. The molecule has 0 bridgehead atoms. The van der Waals surface area contributed by atoms with Crippen molar-refractivity contribution < 1.29 is 29.2 Å². The van der Waals surface area contributed by atoms with Gasteiger partial charge in [0.05, 0.1) is 12.9 Å². The Morgan fingerprint density at radius 1 is 1.56 bits per heavy atom. The van der Waals surface area contributed by atoms with Gasteiger partial charge in [-0.1, -0.05) is 5.92 Å². The summed E-state index contributed by atoms with van der Waals surface area (Å²) in [6, 6.07) is 0. The fourth-order valence-corrected chi connectivity index (χ4v) is 2.66. The Morgan fingerprint density at radius 3 is 2.88 bits per heavy atom. The molecule has 134 valence electrons. The highest BCUT2D eigenvalue weighted by Gasteiger charge is 2.64. The summed E-state index contributed by atoms with van der Waals surface area (Å²) in [5, 5.41) is 29.8. The zero-order valence-corrected chi connectivity index (χ0v) is 13.1. The van der Waals surface area contributed by atoms with E-state index in [2.05, 4.69) is 15.0 Å². The minimum absolute atomic E-state index is 0.0454. The van der Waals surface area contributed by atoms with Crippen molar-refractivity contribution in [3.05, 3.63) is 6.33 Å². The van der Waals surface area contributed by atoms with Crippen molar-refractivity contribution in [2.45, 2.75) is 30.7 Å². The molecule has 0 spiro atoms. The Labute approximate surface area is 141 Å². The average Bonchev–Trinajstić information content (AvgIpc) is 3.09. The van der Waals surface area contributed by atoms with E-state index in [0.29, 0.717) is 0 Å². The number of terminal acetylenes is 1. The third-order valence-corrected chi connectivity index (χ3v) is 3.90. The molecule has 3 rings (SSSR count). The minimum Gasteiger partial charge on any atom is -0.476 e. The molecule has 0 radical (unpaired) electrons. The lowest BCUT2D eigenvalue weighted by Gasteiger charge is -2.26. The molecule has 1 fully saturated rings. The van der Waals surface area contributed by atoms with Gasteiger partial charge in [-0.3, -0.25) is 4.57 Å². The Morgan fingerprint density at radius 2 is 2.28 bits per heavy atom. The van der Waals surface area contributed by atoms with Gasteiger partial charge in [0.2, 0.25) is 17.4 Å². The quantitative estimate of drug-likeness (QED) is 0.493. The number of rotatable bonds is 4. The van der Waals surface area contributed by atoms with Crippen molar-refractivity contribution in [1.29, 1.82) is 0 Å². The number of ether oxygens (including phenoxy) is 2. The second kappa shape index (κ2) is 5.78. The standard InChI is InChI=1S/C14H16FN5O5/c1-3-13(23)10(22)14(15,5-21)25-11(13)20-6-17-7-8(20)18-12(16)19-9(7)24-4-2/h1,6,10-11,21-23H,4-5H2,2H3,(H2,16,18,19)/t10-,11+,13+,14+/m0/s1. The van der Waals surface area contributed by atoms with Gasteiger partial charge >= 0.3 is 0 Å². The third kappa shape index (κ3) is 2.38. The van der Waals surface area contributed by atoms with Crippen molar-refractivity contribution in [2.75, 3.05) is 18.9 Å². The number of nitrogen functional groups attached to an aromatic ring is 1. The molecular formula is C14H16FN5O5. The van der Waals surface area contributed by atoms with Crippen molar-refractivity contribution in [2.24, 2.45) is 0 Å². The van der Waals surface area contributed by atoms with Gasteiger partial charge in [-0.15, -0.1) is 6.42 Å². The largest absolute Gasteiger partial charge is 0.476 e. The van der Waals surface area contributed by atoms with E-state index in [9.17, 15) is 19.7 Å². The Hall–Kier alpha value is -2.52. The van der Waals surface area contributed by atoms with Crippen LogP contribution in [-0.4, -0.2) is 65.6 Å². The lowest BCUT2D eigenvalue weighted by molar-refractivity contribution is -0.206. The van der Waals surface area contributed by atoms with Crippen LogP contribution in [0.3, 0.4) is 0 Å². The highest BCUT2D eigenvalue weighted by Crippen LogP contribution is 2.45. The number of alkyl halides is 1. The van der Waals surface area contributed by atoms with Gasteiger partial charge in [-0.25, -0.2) is 9.37 Å². The van der Waals surface area contributed by atoms with Crippen molar-refractivity contribution >= 4 is 17.1 Å². The second-order valence-corrected chi connectivity index (χ2v) is 5.43. The summed E-state index contributed by atoms with van der Waals surface area (Å²) in [6.45, 7) is 0.791. The number of hydrogen-bond donors (Lipinski definition) is 4. The normalized spacial score (nSPS) is 32.0. The van der Waals surface area contributed by atoms with Gasteiger partial charge in [0.1, 0.15) is 6.61 Å². The van der Waals surface area contributed by atoms with Crippen molar-refractivity contribution in [1.82, 2.24) is 19.5 Å². The van der Waals surface area contributed by atoms with Crippen LogP contribution in [0, 0.1) is 12.3 Å². The molecule has 0 unspecified atom stereocenters. The number of hydrogen-bond acceptors (Lipinski definition) is 9. The lowest BCUT2D eigenvalue weighted by atomic mass is 9.94. The maximum absolute atomic E-state index is 14.5. The summed E-state index contributed by atoms with van der Waals surface area (Å²) in [7, 11) is 0. The molecule has 2 aromatic heterocycles. The van der Waals surface area contributed by atoms with E-state index in [4.69, 9.17) is 21.6 Å². The zero-order chi connectivity index (χ0) is 18.4. The first-order valence-electron chi connectivity index (χ1n) is 7.29. The number of aromatic nitrogens is 4. The van der Waals surface area contributed by atoms with Gasteiger partial charge in [0, 0.05) is 0 Å². The van der Waals surface area contributed by atoms with E-state index in [0.717, 1.165) is 10.9 Å². The third-order valence-electron chi connectivity index (χ3n) is 3.90. The molecule has 0 amide bonds. The SMILES string of the molecule is C#C[C@]1(O)[C@H](n2cnc3c(OCC)nc(N)nc32)O[C@](F)(CO)[C@H]1O. The summed E-state index contributed by atoms with van der Waals surface area (Å²) in [5.74, 6) is -1.13. The first-order valence-corrected chi connectivity index (χ1v) is 7.29. The molecule has 4 atom stereocenters. The van der Waals surface area contributed by atoms with E-state index in [1.807, 2.05) is 5.92 Å². The van der Waals surface area contributed by atoms with Crippen LogP contribution >= 0.6 is 0 Å². The van der Waals surface area contributed by atoms with E-state index in [-0.39, 0.29) is 29.6 Å². The predicted molar refractivity (Wildman–Crippen MR) is 81.7 cm³/mol. The van der Waals surface area contributed by atoms with Crippen LogP contribution in [0.5, 0.6) is 5.88 Å². The molecule has 1 saturated heterocycles. The van der Waals surface area contributed by atoms with Crippen LogP contribution in [0.15, 0.2) is 6.33 Å². The number of imidazole rings is 1. The van der Waals surface area contributed by atoms with Crippen LogP contribution in [0.1, 0.15) is 13.2 Å². The van der Waals surface area contributed by atoms with Gasteiger partial charge in [0.15, 0.2) is 23.5 Å². The van der Waals surface area contributed by atoms with Crippen LogP contribution in [0.25, 0.3) is 11.2 Å². The molecule has 1 aliphatic rings. The van der Waals surface area contributed by atoms with Crippen LogP contribution in [0.2, 0.25) is 0 Å². The van der Waals surface area contributed by atoms with E-state index >= 15 is 0 Å². The number of aliphatic hydroxyl groups excluding tert-OH is 2. The molecule has 10 nitrogen and oxygen atoms in total. The van der Waals surface area contributed by atoms with Gasteiger partial charge in [-0.2, -0.15) is 9.97 Å². The molecule has 25 heavy (non-hydrogen) atoms. The highest BCUT2D eigenvalue weighted by molar-refractivity contribution is 5.77. The average molecular weight is 353 g/mol. The number of fused-ring (bicyclic) bond motifs is 1. The predicted octanol–water partition coefficient (Wildman–Crippen LogP) is -1.28. The number of anilines is 1. The lowest BCUT2D eigenvalue weighted by Crippen LogP contribution is -2.49. The highest BCUT2D eigenvalue weighted by atomic mass is 19.2. The van der Waals surface area contributed by atoms with Gasteiger partial charge < -0.3 is 30.5 Å². The van der Waals surface area contributed by atoms with Crippen LogP contribution < -0.4 is 10.5 Å². The fraction of sp³-hybridized carbons (Fsp3) is 0.500. The smallest absolute Gasteiger partial charge is 0.264 e. The number of nitrogens with two attached hydrogens (primary N) is 1. The van der Waals surface area contributed by atoms with Crippen LogP contribution in [0.4, 0.5) is 10.3 Å². The van der Waals surface area contributed by atoms with E-state index in [1.165, 1.54) is 0 Å².